The summed E-state index contributed by atoms with van der Waals surface area (Å²) in [4.78, 5) is 33.0. The van der Waals surface area contributed by atoms with Crippen molar-refractivity contribution in [2.45, 2.75) is 32.2 Å². The van der Waals surface area contributed by atoms with Crippen LogP contribution in [0.15, 0.2) is 63.9 Å². The quantitative estimate of drug-likeness (QED) is 0.252. The van der Waals surface area contributed by atoms with Crippen molar-refractivity contribution in [2.24, 2.45) is 0 Å². The summed E-state index contributed by atoms with van der Waals surface area (Å²) < 4.78 is 31.4. The third-order valence-electron chi connectivity index (χ3n) is 6.30. The van der Waals surface area contributed by atoms with Crippen LogP contribution in [0.25, 0.3) is 11.0 Å². The molecule has 190 valence electrons. The van der Waals surface area contributed by atoms with Gasteiger partial charge >= 0.3 is 0 Å². The van der Waals surface area contributed by atoms with E-state index < -0.39 is 23.2 Å². The number of hydrogen-bond acceptors (Lipinski definition) is 6. The molecule has 0 saturated carbocycles. The van der Waals surface area contributed by atoms with Gasteiger partial charge in [0, 0.05) is 6.20 Å². The summed E-state index contributed by atoms with van der Waals surface area (Å²) >= 11 is 6.03. The molecule has 4 aromatic rings. The highest BCUT2D eigenvalue weighted by atomic mass is 35.5. The minimum atomic E-state index is -0.900. The van der Waals surface area contributed by atoms with Gasteiger partial charge in [-0.05, 0) is 54.4 Å². The van der Waals surface area contributed by atoms with Crippen molar-refractivity contribution in [2.75, 3.05) is 18.6 Å². The van der Waals surface area contributed by atoms with E-state index >= 15 is 0 Å². The second kappa shape index (κ2) is 10.2. The smallest absolute Gasteiger partial charge is 0.296 e. The van der Waals surface area contributed by atoms with E-state index in [0.29, 0.717) is 28.7 Å². The fourth-order valence-corrected chi connectivity index (χ4v) is 4.63. The minimum absolute atomic E-state index is 0.0466. The second-order valence-corrected chi connectivity index (χ2v) is 9.13. The highest BCUT2D eigenvalue weighted by Gasteiger charge is 2.44. The molecule has 2 aromatic heterocycles. The SMILES string of the molecule is CCCCCOc1ccc(C2c3c(oc4ccc(F)cc4c3=O)C(=O)N2c2ccc(Cl)cn2)cc1OC. The Hall–Kier alpha value is -3.91. The zero-order valence-electron chi connectivity index (χ0n) is 20.3. The van der Waals surface area contributed by atoms with E-state index in [0.717, 1.165) is 25.3 Å². The third kappa shape index (κ3) is 4.53. The Morgan fingerprint density at radius 3 is 2.65 bits per heavy atom. The van der Waals surface area contributed by atoms with Crippen LogP contribution in [0.4, 0.5) is 10.2 Å². The van der Waals surface area contributed by atoms with Crippen molar-refractivity contribution in [3.63, 3.8) is 0 Å². The van der Waals surface area contributed by atoms with Gasteiger partial charge in [0.25, 0.3) is 5.91 Å². The van der Waals surface area contributed by atoms with Gasteiger partial charge in [0.1, 0.15) is 17.2 Å². The van der Waals surface area contributed by atoms with Crippen molar-refractivity contribution in [3.8, 4) is 11.5 Å². The highest BCUT2D eigenvalue weighted by molar-refractivity contribution is 6.30. The van der Waals surface area contributed by atoms with Gasteiger partial charge in [-0.1, -0.05) is 37.4 Å². The number of fused-ring (bicyclic) bond motifs is 2. The molecule has 2 aromatic carbocycles. The number of nitrogens with zero attached hydrogens (tertiary/aromatic N) is 2. The average molecular weight is 523 g/mol. The molecule has 9 heteroatoms. The number of benzene rings is 2. The number of aromatic nitrogens is 1. The maximum absolute atomic E-state index is 14.0. The number of methoxy groups -OCH3 is 1. The van der Waals surface area contributed by atoms with Crippen LogP contribution >= 0.6 is 11.6 Å². The van der Waals surface area contributed by atoms with Gasteiger partial charge in [0.2, 0.25) is 5.76 Å². The van der Waals surface area contributed by atoms with E-state index in [1.807, 2.05) is 0 Å². The minimum Gasteiger partial charge on any atom is -0.493 e. The lowest BCUT2D eigenvalue weighted by molar-refractivity contribution is 0.0970. The van der Waals surface area contributed by atoms with Crippen molar-refractivity contribution in [3.05, 3.63) is 92.7 Å². The molecule has 0 saturated heterocycles. The predicted octanol–water partition coefficient (Wildman–Crippen LogP) is 6.31. The van der Waals surface area contributed by atoms with Crippen LogP contribution in [-0.2, 0) is 0 Å². The van der Waals surface area contributed by atoms with Crippen LogP contribution in [-0.4, -0.2) is 24.6 Å². The topological polar surface area (TPSA) is 81.9 Å². The Labute approximate surface area is 217 Å². The summed E-state index contributed by atoms with van der Waals surface area (Å²) in [6.45, 7) is 2.65. The van der Waals surface area contributed by atoms with Crippen LogP contribution in [0.3, 0.4) is 0 Å². The summed E-state index contributed by atoms with van der Waals surface area (Å²) in [5.41, 5.74) is 0.296. The van der Waals surface area contributed by atoms with Crippen LogP contribution in [0.1, 0.15) is 53.9 Å². The Morgan fingerprint density at radius 2 is 1.92 bits per heavy atom. The summed E-state index contributed by atoms with van der Waals surface area (Å²) in [5, 5.41) is 0.441. The van der Waals surface area contributed by atoms with E-state index in [9.17, 15) is 14.0 Å². The molecule has 1 atom stereocenters. The van der Waals surface area contributed by atoms with Crippen molar-refractivity contribution < 1.29 is 23.1 Å². The fraction of sp³-hybridized carbons (Fsp3) is 0.250. The summed E-state index contributed by atoms with van der Waals surface area (Å²) in [6, 6.07) is 11.2. The largest absolute Gasteiger partial charge is 0.493 e. The Balaban J connectivity index is 1.67. The Bertz CT molecular complexity index is 1540. The molecule has 37 heavy (non-hydrogen) atoms. The number of unbranched alkanes of at least 4 members (excludes halogenated alkanes) is 2. The van der Waals surface area contributed by atoms with E-state index in [2.05, 4.69) is 11.9 Å². The molecular weight excluding hydrogens is 499 g/mol. The Morgan fingerprint density at radius 1 is 1.08 bits per heavy atom. The molecule has 0 radical (unpaired) electrons. The first kappa shape index (κ1) is 24.8. The number of rotatable bonds is 8. The molecule has 0 N–H and O–H groups in total. The Kier molecular flexibility index (Phi) is 6.84. The van der Waals surface area contributed by atoms with Gasteiger partial charge in [-0.15, -0.1) is 0 Å². The average Bonchev–Trinajstić information content (AvgIpc) is 3.20. The number of pyridine rings is 1. The molecule has 0 bridgehead atoms. The maximum atomic E-state index is 14.0. The molecule has 0 spiro atoms. The molecule has 1 aliphatic rings. The number of amides is 1. The van der Waals surface area contributed by atoms with Crippen LogP contribution in [0, 0.1) is 5.82 Å². The van der Waals surface area contributed by atoms with Gasteiger partial charge in [-0.2, -0.15) is 0 Å². The summed E-state index contributed by atoms with van der Waals surface area (Å²) in [5.74, 6) is 0.0370. The first-order valence-electron chi connectivity index (χ1n) is 11.9. The van der Waals surface area contributed by atoms with Gasteiger partial charge in [-0.3, -0.25) is 14.5 Å². The predicted molar refractivity (Wildman–Crippen MR) is 138 cm³/mol. The molecule has 0 aliphatic carbocycles. The zero-order valence-corrected chi connectivity index (χ0v) is 21.0. The number of anilines is 1. The molecular formula is C28H24ClFN2O5. The van der Waals surface area contributed by atoms with Gasteiger partial charge in [0.05, 0.1) is 35.7 Å². The molecule has 7 nitrogen and oxygen atoms in total. The summed E-state index contributed by atoms with van der Waals surface area (Å²) in [7, 11) is 1.52. The first-order chi connectivity index (χ1) is 17.9. The second-order valence-electron chi connectivity index (χ2n) is 8.69. The van der Waals surface area contributed by atoms with Gasteiger partial charge < -0.3 is 13.9 Å². The molecule has 3 heterocycles. The van der Waals surface area contributed by atoms with Crippen LogP contribution in [0.5, 0.6) is 11.5 Å². The van der Waals surface area contributed by atoms with Crippen molar-refractivity contribution in [1.29, 1.82) is 0 Å². The highest BCUT2D eigenvalue weighted by Crippen LogP contribution is 2.43. The zero-order chi connectivity index (χ0) is 26.1. The lowest BCUT2D eigenvalue weighted by Crippen LogP contribution is -2.30. The number of carbonyl (C=O) groups is 1. The van der Waals surface area contributed by atoms with E-state index in [4.69, 9.17) is 25.5 Å². The molecule has 5 rings (SSSR count). The molecule has 0 fully saturated rings. The van der Waals surface area contributed by atoms with Crippen molar-refractivity contribution in [1.82, 2.24) is 4.98 Å². The summed E-state index contributed by atoms with van der Waals surface area (Å²) in [6.07, 6.45) is 4.45. The fourth-order valence-electron chi connectivity index (χ4n) is 4.51. The maximum Gasteiger partial charge on any atom is 0.296 e. The number of carbonyl (C=O) groups excluding carboxylic acids is 1. The molecule has 1 unspecified atom stereocenters. The lowest BCUT2D eigenvalue weighted by atomic mass is 9.98. The molecule has 1 amide bonds. The first-order valence-corrected chi connectivity index (χ1v) is 12.3. The van der Waals surface area contributed by atoms with E-state index in [-0.39, 0.29) is 28.1 Å². The van der Waals surface area contributed by atoms with Gasteiger partial charge in [-0.25, -0.2) is 9.37 Å². The molecule has 1 aliphatic heterocycles. The number of hydrogen-bond donors (Lipinski definition) is 0. The standard InChI is InChI=1S/C28H24ClFN2O5/c1-3-4-5-12-36-21-9-6-16(13-22(21)35-2)25-24-26(33)19-14-18(30)8-10-20(19)37-27(24)28(34)32(25)23-11-7-17(29)15-31-23/h6-11,13-15,25H,3-5,12H2,1-2H3. The van der Waals surface area contributed by atoms with Crippen LogP contribution < -0.4 is 19.8 Å². The number of ether oxygens (including phenoxy) is 2. The van der Waals surface area contributed by atoms with Gasteiger partial charge in [0.15, 0.2) is 16.9 Å². The number of halogens is 2. The third-order valence-corrected chi connectivity index (χ3v) is 6.52. The lowest BCUT2D eigenvalue weighted by Gasteiger charge is -2.25. The van der Waals surface area contributed by atoms with E-state index in [1.165, 1.54) is 30.3 Å². The monoisotopic (exact) mass is 522 g/mol. The van der Waals surface area contributed by atoms with E-state index in [1.54, 1.807) is 30.3 Å². The van der Waals surface area contributed by atoms with Crippen molar-refractivity contribution >= 4 is 34.3 Å². The van der Waals surface area contributed by atoms with Crippen LogP contribution in [0.2, 0.25) is 5.02 Å². The normalized spacial score (nSPS) is 14.8.